The Kier molecular flexibility index (Phi) is 3.27. The molecule has 0 saturated carbocycles. The molecule has 0 aromatic rings. The number of nitrogens with zero attached hydrogens (tertiary/aromatic N) is 3. The molecule has 106 valence electrons. The van der Waals surface area contributed by atoms with Crippen LogP contribution in [0.4, 0.5) is 0 Å². The fourth-order valence-corrected chi connectivity index (χ4v) is 2.55. The summed E-state index contributed by atoms with van der Waals surface area (Å²) in [6.07, 6.45) is 5.18. The molecule has 1 atom stereocenters. The van der Waals surface area contributed by atoms with E-state index in [4.69, 9.17) is 0 Å². The highest BCUT2D eigenvalue weighted by atomic mass is 16.2. The van der Waals surface area contributed by atoms with E-state index in [1.165, 1.54) is 0 Å². The number of carbonyl (C=O) groups excluding carboxylic acids is 2. The van der Waals surface area contributed by atoms with Crippen LogP contribution in [0.5, 0.6) is 0 Å². The summed E-state index contributed by atoms with van der Waals surface area (Å²) < 4.78 is 0. The third-order valence-corrected chi connectivity index (χ3v) is 3.62. The summed E-state index contributed by atoms with van der Waals surface area (Å²) in [7, 11) is 1.60. The van der Waals surface area contributed by atoms with Gasteiger partial charge in [-0.25, -0.2) is 4.99 Å². The molecule has 1 unspecified atom stereocenters. The topological polar surface area (TPSA) is 77.0 Å². The third-order valence-electron chi connectivity index (χ3n) is 3.62. The van der Waals surface area contributed by atoms with Gasteiger partial charge in [0.2, 0.25) is 5.91 Å². The molecule has 3 heterocycles. The van der Waals surface area contributed by atoms with Gasteiger partial charge in [-0.05, 0) is 12.2 Å². The zero-order valence-electron chi connectivity index (χ0n) is 11.3. The van der Waals surface area contributed by atoms with Crippen LogP contribution in [0.15, 0.2) is 28.9 Å². The van der Waals surface area contributed by atoms with Crippen molar-refractivity contribution in [3.05, 3.63) is 23.9 Å². The summed E-state index contributed by atoms with van der Waals surface area (Å²) >= 11 is 0. The molecule has 1 saturated heterocycles. The second kappa shape index (κ2) is 5.09. The van der Waals surface area contributed by atoms with Gasteiger partial charge >= 0.3 is 0 Å². The molecule has 0 aromatic heterocycles. The number of aliphatic imine (C=N–C) groups is 1. The molecule has 2 N–H and O–H groups in total. The minimum absolute atomic E-state index is 0.0740. The van der Waals surface area contributed by atoms with E-state index in [2.05, 4.69) is 15.6 Å². The first-order chi connectivity index (χ1) is 9.69. The maximum absolute atomic E-state index is 11.9. The lowest BCUT2D eigenvalue weighted by Gasteiger charge is -2.31. The maximum Gasteiger partial charge on any atom is 0.252 e. The van der Waals surface area contributed by atoms with Crippen LogP contribution in [-0.2, 0) is 9.59 Å². The Bertz CT molecular complexity index is 537. The van der Waals surface area contributed by atoms with Crippen molar-refractivity contribution in [1.29, 1.82) is 0 Å². The summed E-state index contributed by atoms with van der Waals surface area (Å²) in [6, 6.07) is 0. The summed E-state index contributed by atoms with van der Waals surface area (Å²) in [5, 5.41) is 5.65. The number of amidine groups is 1. The van der Waals surface area contributed by atoms with Crippen molar-refractivity contribution >= 4 is 17.6 Å². The molecule has 0 bridgehead atoms. The number of fused-ring (bicyclic) bond motifs is 1. The van der Waals surface area contributed by atoms with Gasteiger partial charge in [0.1, 0.15) is 12.0 Å². The smallest absolute Gasteiger partial charge is 0.252 e. The van der Waals surface area contributed by atoms with Crippen molar-refractivity contribution in [2.24, 2.45) is 4.99 Å². The number of piperazine rings is 1. The predicted molar refractivity (Wildman–Crippen MR) is 73.8 cm³/mol. The molecule has 0 spiro atoms. The van der Waals surface area contributed by atoms with Gasteiger partial charge in [-0.2, -0.15) is 0 Å². The van der Waals surface area contributed by atoms with Crippen molar-refractivity contribution in [1.82, 2.24) is 20.4 Å². The van der Waals surface area contributed by atoms with Gasteiger partial charge in [-0.15, -0.1) is 0 Å². The molecule has 0 aliphatic carbocycles. The highest BCUT2D eigenvalue weighted by Gasteiger charge is 2.33. The van der Waals surface area contributed by atoms with E-state index in [-0.39, 0.29) is 18.0 Å². The predicted octanol–water partition coefficient (Wildman–Crippen LogP) is -1.34. The number of hydrogen-bond donors (Lipinski definition) is 2. The largest absolute Gasteiger partial charge is 0.355 e. The highest BCUT2D eigenvalue weighted by Crippen LogP contribution is 2.20. The van der Waals surface area contributed by atoms with E-state index in [0.717, 1.165) is 12.4 Å². The van der Waals surface area contributed by atoms with Crippen molar-refractivity contribution in [2.45, 2.75) is 6.17 Å². The molecule has 0 radical (unpaired) electrons. The molecule has 3 aliphatic heterocycles. The number of hydrogen-bond acceptors (Lipinski definition) is 5. The van der Waals surface area contributed by atoms with Gasteiger partial charge in [0.15, 0.2) is 0 Å². The maximum atomic E-state index is 11.9. The number of amides is 2. The number of likely N-dealkylation sites (N-methyl/N-ethyl adjacent to an activating group) is 1. The van der Waals surface area contributed by atoms with E-state index >= 15 is 0 Å². The monoisotopic (exact) mass is 275 g/mol. The van der Waals surface area contributed by atoms with Crippen LogP contribution in [0.2, 0.25) is 0 Å². The van der Waals surface area contributed by atoms with Crippen LogP contribution < -0.4 is 10.6 Å². The first-order valence-electron chi connectivity index (χ1n) is 6.65. The molecule has 7 nitrogen and oxygen atoms in total. The quantitative estimate of drug-likeness (QED) is 0.654. The van der Waals surface area contributed by atoms with Crippen molar-refractivity contribution < 1.29 is 9.59 Å². The van der Waals surface area contributed by atoms with Crippen LogP contribution in [0.25, 0.3) is 0 Å². The summed E-state index contributed by atoms with van der Waals surface area (Å²) in [4.78, 5) is 31.8. The Morgan fingerprint density at radius 2 is 2.35 bits per heavy atom. The lowest BCUT2D eigenvalue weighted by molar-refractivity contribution is -0.134. The SMILES string of the molecule is CNC(=O)C1=CN2CC(N3CCNCC3=O)N=C2C=C1. The third kappa shape index (κ3) is 2.20. The van der Waals surface area contributed by atoms with Crippen LogP contribution >= 0.6 is 0 Å². The Hall–Kier alpha value is -2.15. The highest BCUT2D eigenvalue weighted by molar-refractivity contribution is 6.03. The van der Waals surface area contributed by atoms with E-state index in [9.17, 15) is 9.59 Å². The van der Waals surface area contributed by atoms with Gasteiger partial charge in [-0.1, -0.05) is 0 Å². The molecule has 3 aliphatic rings. The Morgan fingerprint density at radius 1 is 1.50 bits per heavy atom. The van der Waals surface area contributed by atoms with Crippen LogP contribution in [0.3, 0.4) is 0 Å². The molecule has 20 heavy (non-hydrogen) atoms. The first-order valence-corrected chi connectivity index (χ1v) is 6.65. The summed E-state index contributed by atoms with van der Waals surface area (Å²) in [6.45, 7) is 2.44. The van der Waals surface area contributed by atoms with E-state index in [1.54, 1.807) is 24.2 Å². The average Bonchev–Trinajstić information content (AvgIpc) is 2.89. The zero-order chi connectivity index (χ0) is 14.1. The number of rotatable bonds is 2. The molecular formula is C13H17N5O2. The van der Waals surface area contributed by atoms with Gasteiger partial charge in [-0.3, -0.25) is 9.59 Å². The lowest BCUT2D eigenvalue weighted by Crippen LogP contribution is -2.52. The second-order valence-corrected chi connectivity index (χ2v) is 4.88. The zero-order valence-corrected chi connectivity index (χ0v) is 11.3. The van der Waals surface area contributed by atoms with Crippen LogP contribution in [0, 0.1) is 0 Å². The number of carbonyl (C=O) groups is 2. The molecule has 1 fully saturated rings. The van der Waals surface area contributed by atoms with E-state index in [1.807, 2.05) is 11.0 Å². The molecule has 2 amide bonds. The van der Waals surface area contributed by atoms with Gasteiger partial charge < -0.3 is 20.4 Å². The normalized spacial score (nSPS) is 25.2. The van der Waals surface area contributed by atoms with Crippen molar-refractivity contribution in [3.63, 3.8) is 0 Å². The van der Waals surface area contributed by atoms with E-state index in [0.29, 0.717) is 25.2 Å². The molecular weight excluding hydrogens is 258 g/mol. The Morgan fingerprint density at radius 3 is 3.10 bits per heavy atom. The average molecular weight is 275 g/mol. The standard InChI is InChI=1S/C13H17N5O2/c1-14-13(20)9-2-3-10-16-11(8-17(10)7-9)18-5-4-15-6-12(18)19/h2-3,7,11,15H,4-6,8H2,1H3,(H,14,20). The minimum Gasteiger partial charge on any atom is -0.355 e. The van der Waals surface area contributed by atoms with Crippen molar-refractivity contribution in [3.8, 4) is 0 Å². The van der Waals surface area contributed by atoms with Crippen molar-refractivity contribution in [2.75, 3.05) is 33.2 Å². The van der Waals surface area contributed by atoms with E-state index < -0.39 is 0 Å². The second-order valence-electron chi connectivity index (χ2n) is 4.88. The minimum atomic E-state index is -0.162. The summed E-state index contributed by atoms with van der Waals surface area (Å²) in [5.74, 6) is 0.751. The Balaban J connectivity index is 1.75. The lowest BCUT2D eigenvalue weighted by atomic mass is 10.2. The summed E-state index contributed by atoms with van der Waals surface area (Å²) in [5.41, 5.74) is 0.596. The fourth-order valence-electron chi connectivity index (χ4n) is 2.55. The van der Waals surface area contributed by atoms with Gasteiger partial charge in [0.25, 0.3) is 5.91 Å². The van der Waals surface area contributed by atoms with Crippen LogP contribution in [-0.4, -0.2) is 66.8 Å². The molecule has 3 rings (SSSR count). The first kappa shape index (κ1) is 12.9. The molecule has 0 aromatic carbocycles. The Labute approximate surface area is 117 Å². The van der Waals surface area contributed by atoms with Gasteiger partial charge in [0, 0.05) is 26.3 Å². The molecule has 7 heteroatoms. The number of nitrogens with one attached hydrogen (secondary N) is 2. The van der Waals surface area contributed by atoms with Gasteiger partial charge in [0.05, 0.1) is 18.7 Å². The van der Waals surface area contributed by atoms with Crippen LogP contribution in [0.1, 0.15) is 0 Å². The fraction of sp³-hybridized carbons (Fsp3) is 0.462.